The summed E-state index contributed by atoms with van der Waals surface area (Å²) in [6.07, 6.45) is 0.162. The number of benzene rings is 2. The molecule has 0 heterocycles. The van der Waals surface area contributed by atoms with Crippen LogP contribution in [0.5, 0.6) is 0 Å². The molecule has 1 amide bonds. The van der Waals surface area contributed by atoms with Crippen molar-refractivity contribution in [3.05, 3.63) is 42.5 Å². The number of carbonyl (C=O) groups is 2. The van der Waals surface area contributed by atoms with Crippen LogP contribution in [0.4, 0.5) is 5.69 Å². The molecule has 0 aliphatic heterocycles. The predicted octanol–water partition coefficient (Wildman–Crippen LogP) is 2.82. The third kappa shape index (κ3) is 6.31. The summed E-state index contributed by atoms with van der Waals surface area (Å²) in [4.78, 5) is 24.4. The summed E-state index contributed by atoms with van der Waals surface area (Å²) < 4.78 is 31.1. The third-order valence-corrected chi connectivity index (χ3v) is 5.69. The minimum atomic E-state index is -3.56. The van der Waals surface area contributed by atoms with E-state index >= 15 is 0 Å². The highest BCUT2D eigenvalue weighted by atomic mass is 32.2. The van der Waals surface area contributed by atoms with Gasteiger partial charge in [-0.1, -0.05) is 43.7 Å². The van der Waals surface area contributed by atoms with Gasteiger partial charge < -0.3 is 10.1 Å². The quantitative estimate of drug-likeness (QED) is 0.624. The van der Waals surface area contributed by atoms with Gasteiger partial charge in [0.15, 0.2) is 6.10 Å². The summed E-state index contributed by atoms with van der Waals surface area (Å²) in [5.41, 5.74) is 0.583. The maximum atomic E-state index is 12.3. The zero-order valence-corrected chi connectivity index (χ0v) is 17.1. The molecule has 0 saturated heterocycles. The zero-order chi connectivity index (χ0) is 20.7. The van der Waals surface area contributed by atoms with E-state index in [1.807, 2.05) is 43.3 Å². The van der Waals surface area contributed by atoms with E-state index in [0.29, 0.717) is 12.1 Å². The number of hydrogen-bond donors (Lipinski definition) is 2. The molecule has 0 spiro atoms. The van der Waals surface area contributed by atoms with Crippen LogP contribution >= 0.6 is 0 Å². The smallest absolute Gasteiger partial charge is 0.324 e. The summed E-state index contributed by atoms with van der Waals surface area (Å²) in [5, 5.41) is 4.72. The van der Waals surface area contributed by atoms with Crippen LogP contribution in [0.25, 0.3) is 10.8 Å². The lowest BCUT2D eigenvalue weighted by Gasteiger charge is -2.17. The van der Waals surface area contributed by atoms with E-state index in [4.69, 9.17) is 4.74 Å². The van der Waals surface area contributed by atoms with Gasteiger partial charge in [-0.25, -0.2) is 13.1 Å². The number of nitrogens with one attached hydrogen (secondary N) is 2. The monoisotopic (exact) mass is 406 g/mol. The zero-order valence-electron chi connectivity index (χ0n) is 16.3. The van der Waals surface area contributed by atoms with Crippen LogP contribution in [0.2, 0.25) is 0 Å². The van der Waals surface area contributed by atoms with E-state index in [1.165, 1.54) is 13.8 Å². The minimum absolute atomic E-state index is 0.0564. The number of anilines is 1. The lowest BCUT2D eigenvalue weighted by Crippen LogP contribution is -2.43. The van der Waals surface area contributed by atoms with Gasteiger partial charge in [-0.2, -0.15) is 0 Å². The fourth-order valence-electron chi connectivity index (χ4n) is 2.55. The Morgan fingerprint density at radius 3 is 2.43 bits per heavy atom. The Bertz CT molecular complexity index is 943. The standard InChI is InChI=1S/C20H26N2O5S/c1-4-5-12-28(25,26)22-14(2)20(24)27-15(3)19(23)21-18-11-10-16-8-6-7-9-17(16)13-18/h6-11,13-15,22H,4-5,12H2,1-3H3,(H,21,23)/t14-,15+/m0/s1. The fraction of sp³-hybridized carbons (Fsp3) is 0.400. The highest BCUT2D eigenvalue weighted by Crippen LogP contribution is 2.19. The van der Waals surface area contributed by atoms with Gasteiger partial charge >= 0.3 is 5.97 Å². The summed E-state index contributed by atoms with van der Waals surface area (Å²) in [5.74, 6) is -1.36. The van der Waals surface area contributed by atoms with Gasteiger partial charge in [0.2, 0.25) is 10.0 Å². The van der Waals surface area contributed by atoms with Crippen LogP contribution in [0.15, 0.2) is 42.5 Å². The first-order valence-electron chi connectivity index (χ1n) is 9.22. The molecule has 0 bridgehead atoms. The van der Waals surface area contributed by atoms with E-state index in [-0.39, 0.29) is 5.75 Å². The first-order valence-corrected chi connectivity index (χ1v) is 10.9. The highest BCUT2D eigenvalue weighted by Gasteiger charge is 2.25. The van der Waals surface area contributed by atoms with Crippen LogP contribution in [0.3, 0.4) is 0 Å². The van der Waals surface area contributed by atoms with Crippen LogP contribution in [0, 0.1) is 0 Å². The molecule has 8 heteroatoms. The second-order valence-corrected chi connectivity index (χ2v) is 8.52. The normalized spacial score (nSPS) is 13.7. The number of ether oxygens (including phenoxy) is 1. The van der Waals surface area contributed by atoms with Crippen molar-refractivity contribution >= 4 is 38.4 Å². The summed E-state index contributed by atoms with van der Waals surface area (Å²) in [7, 11) is -3.56. The van der Waals surface area contributed by atoms with Crippen molar-refractivity contribution in [3.63, 3.8) is 0 Å². The average Bonchev–Trinajstić information content (AvgIpc) is 2.65. The molecule has 0 saturated carbocycles. The molecule has 7 nitrogen and oxygen atoms in total. The molecule has 0 aliphatic rings. The largest absolute Gasteiger partial charge is 0.451 e. The molecule has 0 aromatic heterocycles. The number of amides is 1. The van der Waals surface area contributed by atoms with E-state index in [1.54, 1.807) is 6.07 Å². The molecule has 2 rings (SSSR count). The lowest BCUT2D eigenvalue weighted by molar-refractivity contribution is -0.154. The van der Waals surface area contributed by atoms with Gasteiger partial charge in [-0.3, -0.25) is 9.59 Å². The van der Waals surface area contributed by atoms with E-state index < -0.39 is 34.0 Å². The van der Waals surface area contributed by atoms with Crippen LogP contribution in [-0.4, -0.2) is 38.2 Å². The van der Waals surface area contributed by atoms with Crippen LogP contribution in [0.1, 0.15) is 33.6 Å². The SMILES string of the molecule is CCCCS(=O)(=O)N[C@@H](C)C(=O)O[C@H](C)C(=O)Nc1ccc2ccccc2c1. The minimum Gasteiger partial charge on any atom is -0.451 e. The Morgan fingerprint density at radius 1 is 1.07 bits per heavy atom. The molecule has 2 aromatic carbocycles. The Kier molecular flexibility index (Phi) is 7.53. The maximum Gasteiger partial charge on any atom is 0.324 e. The number of rotatable bonds is 9. The molecule has 0 aliphatic carbocycles. The third-order valence-electron chi connectivity index (χ3n) is 4.16. The van der Waals surface area contributed by atoms with Gasteiger partial charge in [0.05, 0.1) is 5.75 Å². The maximum absolute atomic E-state index is 12.3. The number of carbonyl (C=O) groups excluding carboxylic acids is 2. The first-order chi connectivity index (χ1) is 13.2. The molecule has 2 atom stereocenters. The Labute approximate surface area is 165 Å². The van der Waals surface area contributed by atoms with Crippen molar-refractivity contribution in [2.45, 2.75) is 45.8 Å². The van der Waals surface area contributed by atoms with Crippen LogP contribution < -0.4 is 10.0 Å². The molecule has 28 heavy (non-hydrogen) atoms. The van der Waals surface area contributed by atoms with Crippen molar-refractivity contribution in [1.29, 1.82) is 0 Å². The summed E-state index contributed by atoms with van der Waals surface area (Å²) in [6, 6.07) is 12.1. The number of sulfonamides is 1. The van der Waals surface area contributed by atoms with E-state index in [0.717, 1.165) is 17.2 Å². The van der Waals surface area contributed by atoms with Gasteiger partial charge in [0.1, 0.15) is 6.04 Å². The number of fused-ring (bicyclic) bond motifs is 1. The second kappa shape index (κ2) is 9.66. The van der Waals surface area contributed by atoms with Gasteiger partial charge in [0, 0.05) is 5.69 Å². The topological polar surface area (TPSA) is 102 Å². The highest BCUT2D eigenvalue weighted by molar-refractivity contribution is 7.89. The molecule has 0 radical (unpaired) electrons. The van der Waals surface area contributed by atoms with Crippen molar-refractivity contribution in [3.8, 4) is 0 Å². The molecular formula is C20H26N2O5S. The van der Waals surface area contributed by atoms with Crippen LogP contribution in [-0.2, 0) is 24.3 Å². The summed E-state index contributed by atoms with van der Waals surface area (Å²) in [6.45, 7) is 4.70. The molecule has 2 N–H and O–H groups in total. The fourth-order valence-corrected chi connectivity index (χ4v) is 3.97. The average molecular weight is 407 g/mol. The molecule has 2 aromatic rings. The Balaban J connectivity index is 1.92. The molecular weight excluding hydrogens is 380 g/mol. The van der Waals surface area contributed by atoms with Gasteiger partial charge in [-0.05, 0) is 43.2 Å². The second-order valence-electron chi connectivity index (χ2n) is 6.64. The van der Waals surface area contributed by atoms with E-state index in [9.17, 15) is 18.0 Å². The van der Waals surface area contributed by atoms with Crippen molar-refractivity contribution in [2.24, 2.45) is 0 Å². The first kappa shape index (κ1) is 21.8. The Morgan fingerprint density at radius 2 is 1.75 bits per heavy atom. The predicted molar refractivity (Wildman–Crippen MR) is 109 cm³/mol. The molecule has 0 unspecified atom stereocenters. The number of esters is 1. The number of unbranched alkanes of at least 4 members (excludes halogenated alkanes) is 1. The van der Waals surface area contributed by atoms with Crippen molar-refractivity contribution in [1.82, 2.24) is 4.72 Å². The number of hydrogen-bond acceptors (Lipinski definition) is 5. The van der Waals surface area contributed by atoms with Crippen molar-refractivity contribution in [2.75, 3.05) is 11.1 Å². The molecule has 152 valence electrons. The molecule has 0 fully saturated rings. The Hall–Kier alpha value is -2.45. The summed E-state index contributed by atoms with van der Waals surface area (Å²) >= 11 is 0. The van der Waals surface area contributed by atoms with E-state index in [2.05, 4.69) is 10.0 Å². The lowest BCUT2D eigenvalue weighted by atomic mass is 10.1. The van der Waals surface area contributed by atoms with Gasteiger partial charge in [-0.15, -0.1) is 0 Å². The van der Waals surface area contributed by atoms with Crippen molar-refractivity contribution < 1.29 is 22.7 Å². The van der Waals surface area contributed by atoms with Gasteiger partial charge in [0.25, 0.3) is 5.91 Å².